The molecular weight excluding hydrogens is 226 g/mol. The summed E-state index contributed by atoms with van der Waals surface area (Å²) in [7, 11) is 0. The number of nitrogens with one attached hydrogen (secondary N) is 1. The third-order valence-electron chi connectivity index (χ3n) is 1.95. The molecule has 0 aliphatic heterocycles. The van der Waals surface area contributed by atoms with Crippen LogP contribution in [0, 0.1) is 0 Å². The van der Waals surface area contributed by atoms with Crippen molar-refractivity contribution in [2.24, 2.45) is 0 Å². The SMILES string of the molecule is Nc1cnc(Cl)nc1NCc1ccccn1. The third kappa shape index (κ3) is 2.58. The van der Waals surface area contributed by atoms with E-state index in [4.69, 9.17) is 17.3 Å². The Morgan fingerprint density at radius 1 is 1.31 bits per heavy atom. The summed E-state index contributed by atoms with van der Waals surface area (Å²) in [6, 6.07) is 5.69. The van der Waals surface area contributed by atoms with Gasteiger partial charge in [-0.15, -0.1) is 0 Å². The minimum absolute atomic E-state index is 0.165. The topological polar surface area (TPSA) is 76.7 Å². The van der Waals surface area contributed by atoms with Crippen molar-refractivity contribution in [1.82, 2.24) is 15.0 Å². The maximum absolute atomic E-state index is 5.69. The molecular formula is C10H10ClN5. The molecule has 0 aliphatic carbocycles. The molecule has 0 fully saturated rings. The second-order valence-corrected chi connectivity index (χ2v) is 3.46. The summed E-state index contributed by atoms with van der Waals surface area (Å²) in [5, 5.41) is 3.21. The predicted molar refractivity (Wildman–Crippen MR) is 63.0 cm³/mol. The summed E-state index contributed by atoms with van der Waals surface area (Å²) in [5.74, 6) is 0.519. The molecule has 0 aliphatic rings. The summed E-state index contributed by atoms with van der Waals surface area (Å²) < 4.78 is 0. The molecule has 0 atom stereocenters. The van der Waals surface area contributed by atoms with Crippen LogP contribution in [0.2, 0.25) is 5.28 Å². The standard InChI is InChI=1S/C10H10ClN5/c11-10-15-6-8(12)9(16-10)14-5-7-3-1-2-4-13-7/h1-4,6H,5,12H2,(H,14,15,16). The van der Waals surface area contributed by atoms with Crippen LogP contribution in [0.5, 0.6) is 0 Å². The van der Waals surface area contributed by atoms with Crippen molar-refractivity contribution in [1.29, 1.82) is 0 Å². The first-order valence-corrected chi connectivity index (χ1v) is 5.05. The Bertz CT molecular complexity index is 474. The van der Waals surface area contributed by atoms with E-state index in [1.807, 2.05) is 18.2 Å². The van der Waals surface area contributed by atoms with E-state index in [0.717, 1.165) is 5.69 Å². The number of anilines is 2. The molecule has 0 unspecified atom stereocenters. The Kier molecular flexibility index (Phi) is 3.16. The third-order valence-corrected chi connectivity index (χ3v) is 2.13. The molecule has 82 valence electrons. The van der Waals surface area contributed by atoms with E-state index in [0.29, 0.717) is 18.1 Å². The molecule has 2 heterocycles. The van der Waals surface area contributed by atoms with Gasteiger partial charge in [0, 0.05) is 6.20 Å². The number of hydrogen-bond acceptors (Lipinski definition) is 5. The van der Waals surface area contributed by atoms with Crippen LogP contribution in [-0.2, 0) is 6.54 Å². The lowest BCUT2D eigenvalue weighted by atomic mass is 10.3. The molecule has 5 nitrogen and oxygen atoms in total. The van der Waals surface area contributed by atoms with Crippen molar-refractivity contribution >= 4 is 23.1 Å². The number of rotatable bonds is 3. The lowest BCUT2D eigenvalue weighted by Gasteiger charge is -2.07. The number of aromatic nitrogens is 3. The average molecular weight is 236 g/mol. The molecule has 0 spiro atoms. The highest BCUT2D eigenvalue weighted by Gasteiger charge is 2.02. The highest BCUT2D eigenvalue weighted by Crippen LogP contribution is 2.16. The number of nitrogen functional groups attached to an aromatic ring is 1. The van der Waals surface area contributed by atoms with Crippen molar-refractivity contribution in [2.75, 3.05) is 11.1 Å². The van der Waals surface area contributed by atoms with Crippen molar-refractivity contribution in [3.63, 3.8) is 0 Å². The molecule has 0 aromatic carbocycles. The first-order chi connectivity index (χ1) is 7.75. The van der Waals surface area contributed by atoms with Gasteiger partial charge in [-0.25, -0.2) is 4.98 Å². The summed E-state index contributed by atoms with van der Waals surface area (Å²) in [6.45, 7) is 0.540. The fraction of sp³-hybridized carbons (Fsp3) is 0.100. The van der Waals surface area contributed by atoms with Gasteiger partial charge < -0.3 is 11.1 Å². The highest BCUT2D eigenvalue weighted by molar-refractivity contribution is 6.28. The Hall–Kier alpha value is -1.88. The molecule has 6 heteroatoms. The fourth-order valence-electron chi connectivity index (χ4n) is 1.19. The quantitative estimate of drug-likeness (QED) is 0.793. The van der Waals surface area contributed by atoms with Crippen molar-refractivity contribution in [3.05, 3.63) is 41.6 Å². The van der Waals surface area contributed by atoms with Gasteiger partial charge in [-0.3, -0.25) is 4.98 Å². The molecule has 16 heavy (non-hydrogen) atoms. The summed E-state index contributed by atoms with van der Waals surface area (Å²) in [6.07, 6.45) is 3.20. The molecule has 0 radical (unpaired) electrons. The minimum Gasteiger partial charge on any atom is -0.394 e. The molecule has 0 saturated heterocycles. The monoisotopic (exact) mass is 235 g/mol. The zero-order valence-electron chi connectivity index (χ0n) is 8.39. The number of nitrogens with zero attached hydrogens (tertiary/aromatic N) is 3. The van der Waals surface area contributed by atoms with E-state index in [2.05, 4.69) is 20.3 Å². The van der Waals surface area contributed by atoms with E-state index < -0.39 is 0 Å². The first-order valence-electron chi connectivity index (χ1n) is 4.67. The van der Waals surface area contributed by atoms with Gasteiger partial charge >= 0.3 is 0 Å². The molecule has 3 N–H and O–H groups in total. The fourth-order valence-corrected chi connectivity index (χ4v) is 1.32. The van der Waals surface area contributed by atoms with E-state index in [1.54, 1.807) is 6.20 Å². The van der Waals surface area contributed by atoms with Crippen LogP contribution in [0.15, 0.2) is 30.6 Å². The Balaban J connectivity index is 2.08. The van der Waals surface area contributed by atoms with Gasteiger partial charge in [0.15, 0.2) is 5.82 Å². The maximum atomic E-state index is 5.69. The largest absolute Gasteiger partial charge is 0.394 e. The summed E-state index contributed by atoms with van der Waals surface area (Å²) in [5.41, 5.74) is 7.05. The number of halogens is 1. The van der Waals surface area contributed by atoms with E-state index in [1.165, 1.54) is 6.20 Å². The van der Waals surface area contributed by atoms with Gasteiger partial charge in [-0.2, -0.15) is 4.98 Å². The van der Waals surface area contributed by atoms with Crippen LogP contribution in [-0.4, -0.2) is 15.0 Å². The Labute approximate surface area is 97.7 Å². The normalized spacial score (nSPS) is 10.1. The Morgan fingerprint density at radius 2 is 2.19 bits per heavy atom. The van der Waals surface area contributed by atoms with Crippen LogP contribution in [0.3, 0.4) is 0 Å². The molecule has 0 saturated carbocycles. The number of hydrogen-bond donors (Lipinski definition) is 2. The van der Waals surface area contributed by atoms with Gasteiger partial charge in [-0.1, -0.05) is 6.07 Å². The first kappa shape index (κ1) is 10.6. The second kappa shape index (κ2) is 4.76. The van der Waals surface area contributed by atoms with E-state index in [9.17, 15) is 0 Å². The highest BCUT2D eigenvalue weighted by atomic mass is 35.5. The second-order valence-electron chi connectivity index (χ2n) is 3.12. The van der Waals surface area contributed by atoms with Crippen molar-refractivity contribution in [3.8, 4) is 0 Å². The zero-order valence-corrected chi connectivity index (χ0v) is 9.15. The zero-order chi connectivity index (χ0) is 11.4. The van der Waals surface area contributed by atoms with Crippen molar-refractivity contribution in [2.45, 2.75) is 6.54 Å². The maximum Gasteiger partial charge on any atom is 0.224 e. The number of nitrogens with two attached hydrogens (primary N) is 1. The van der Waals surface area contributed by atoms with Crippen LogP contribution < -0.4 is 11.1 Å². The molecule has 2 aromatic heterocycles. The molecule has 2 rings (SSSR count). The van der Waals surface area contributed by atoms with Crippen LogP contribution in [0.4, 0.5) is 11.5 Å². The minimum atomic E-state index is 0.165. The number of pyridine rings is 1. The smallest absolute Gasteiger partial charge is 0.224 e. The summed E-state index contributed by atoms with van der Waals surface area (Å²) in [4.78, 5) is 11.9. The Morgan fingerprint density at radius 3 is 2.94 bits per heavy atom. The lowest BCUT2D eigenvalue weighted by molar-refractivity contribution is 1.02. The summed E-state index contributed by atoms with van der Waals surface area (Å²) >= 11 is 5.67. The van der Waals surface area contributed by atoms with E-state index in [-0.39, 0.29) is 5.28 Å². The van der Waals surface area contributed by atoms with E-state index >= 15 is 0 Å². The lowest BCUT2D eigenvalue weighted by Crippen LogP contribution is -2.06. The van der Waals surface area contributed by atoms with Gasteiger partial charge in [0.1, 0.15) is 0 Å². The molecule has 0 amide bonds. The molecule has 2 aromatic rings. The van der Waals surface area contributed by atoms with Gasteiger partial charge in [0.2, 0.25) is 5.28 Å². The van der Waals surface area contributed by atoms with Crippen molar-refractivity contribution < 1.29 is 0 Å². The predicted octanol–water partition coefficient (Wildman–Crippen LogP) is 1.72. The molecule has 0 bridgehead atoms. The van der Waals surface area contributed by atoms with Gasteiger partial charge in [-0.05, 0) is 23.7 Å². The van der Waals surface area contributed by atoms with Crippen LogP contribution in [0.25, 0.3) is 0 Å². The van der Waals surface area contributed by atoms with Gasteiger partial charge in [0.25, 0.3) is 0 Å². The van der Waals surface area contributed by atoms with Crippen LogP contribution in [0.1, 0.15) is 5.69 Å². The van der Waals surface area contributed by atoms with Crippen LogP contribution >= 0.6 is 11.6 Å². The average Bonchev–Trinajstić information content (AvgIpc) is 2.32. The van der Waals surface area contributed by atoms with Gasteiger partial charge in [0.05, 0.1) is 24.1 Å².